The molecular weight excluding hydrogens is 521 g/mol. The molecule has 1 saturated heterocycles. The van der Waals surface area contributed by atoms with Gasteiger partial charge in [-0.25, -0.2) is 9.18 Å². The summed E-state index contributed by atoms with van der Waals surface area (Å²) in [5.41, 5.74) is 1.00. The van der Waals surface area contributed by atoms with E-state index in [9.17, 15) is 24.1 Å². The van der Waals surface area contributed by atoms with Crippen molar-refractivity contribution in [3.63, 3.8) is 0 Å². The Balaban J connectivity index is 1.50. The average Bonchev–Trinajstić information content (AvgIpc) is 3.36. The second kappa shape index (κ2) is 13.7. The number of nitrogens with one attached hydrogen (secondary N) is 1. The highest BCUT2D eigenvalue weighted by Crippen LogP contribution is 2.17. The van der Waals surface area contributed by atoms with Gasteiger partial charge in [0.15, 0.2) is 0 Å². The van der Waals surface area contributed by atoms with Gasteiger partial charge in [-0.15, -0.1) is 0 Å². The third-order valence-corrected chi connectivity index (χ3v) is 6.51. The first-order valence-corrected chi connectivity index (χ1v) is 12.9. The summed E-state index contributed by atoms with van der Waals surface area (Å²) < 4.78 is 24.6. The number of carbonyl (C=O) groups excluding carboxylic acids is 2. The number of furan rings is 1. The molecule has 11 nitrogen and oxygen atoms in total. The van der Waals surface area contributed by atoms with Gasteiger partial charge >= 0.3 is 6.03 Å². The van der Waals surface area contributed by atoms with E-state index < -0.39 is 11.0 Å². The van der Waals surface area contributed by atoms with E-state index in [2.05, 4.69) is 10.2 Å². The lowest BCUT2D eigenvalue weighted by atomic mass is 10.2. The lowest BCUT2D eigenvalue weighted by molar-refractivity contribution is -0.384. The monoisotopic (exact) mass is 553 g/mol. The fourth-order valence-corrected chi connectivity index (χ4v) is 4.27. The summed E-state index contributed by atoms with van der Waals surface area (Å²) in [5, 5.41) is 13.7. The van der Waals surface area contributed by atoms with E-state index in [1.807, 2.05) is 13.0 Å². The van der Waals surface area contributed by atoms with E-state index in [1.165, 1.54) is 41.3 Å². The van der Waals surface area contributed by atoms with Crippen molar-refractivity contribution in [1.82, 2.24) is 14.7 Å². The first kappa shape index (κ1) is 28.7. The summed E-state index contributed by atoms with van der Waals surface area (Å²) in [6.07, 6.45) is 0. The smallest absolute Gasteiger partial charge is 0.322 e. The predicted molar refractivity (Wildman–Crippen MR) is 145 cm³/mol. The van der Waals surface area contributed by atoms with Crippen LogP contribution in [0.25, 0.3) is 0 Å². The zero-order valence-corrected chi connectivity index (χ0v) is 22.3. The topological polar surface area (TPSA) is 121 Å². The molecule has 1 aromatic heterocycles. The zero-order chi connectivity index (χ0) is 28.5. The summed E-state index contributed by atoms with van der Waals surface area (Å²) in [7, 11) is 0. The third kappa shape index (κ3) is 8.35. The number of urea groups is 1. The summed E-state index contributed by atoms with van der Waals surface area (Å²) in [5.74, 6) is 0.599. The maximum absolute atomic E-state index is 13.6. The summed E-state index contributed by atoms with van der Waals surface area (Å²) >= 11 is 0. The summed E-state index contributed by atoms with van der Waals surface area (Å²) in [4.78, 5) is 42.6. The third-order valence-electron chi connectivity index (χ3n) is 6.51. The number of nitrogens with zero attached hydrogens (tertiary/aromatic N) is 4. The van der Waals surface area contributed by atoms with Gasteiger partial charge in [-0.05, 0) is 48.9 Å². The van der Waals surface area contributed by atoms with Crippen molar-refractivity contribution >= 4 is 23.3 Å². The Hall–Kier alpha value is -4.29. The quantitative estimate of drug-likeness (QED) is 0.281. The minimum atomic E-state index is -0.519. The van der Waals surface area contributed by atoms with E-state index in [0.29, 0.717) is 37.0 Å². The Bertz CT molecular complexity index is 1290. The highest BCUT2D eigenvalue weighted by Gasteiger charge is 2.24. The molecule has 40 heavy (non-hydrogen) atoms. The molecule has 0 saturated carbocycles. The van der Waals surface area contributed by atoms with Gasteiger partial charge in [-0.1, -0.05) is 12.1 Å². The van der Waals surface area contributed by atoms with Gasteiger partial charge < -0.3 is 24.3 Å². The molecule has 1 aliphatic rings. The molecular formula is C28H32FN5O6. The number of aryl methyl sites for hydroxylation is 1. The van der Waals surface area contributed by atoms with Crippen LogP contribution in [0.1, 0.15) is 17.1 Å². The number of nitro groups is 1. The SMILES string of the molecule is Cc1ccc(CN(Cc2ccc(F)cc2)C(=O)CN(CCN2CCOCC2)C(=O)Nc2ccc([N+](=O)[O-])cc2)o1. The van der Waals surface area contributed by atoms with E-state index in [4.69, 9.17) is 9.15 Å². The molecule has 0 aliphatic carbocycles. The van der Waals surface area contributed by atoms with E-state index in [1.54, 1.807) is 23.1 Å². The maximum atomic E-state index is 13.6. The van der Waals surface area contributed by atoms with E-state index in [-0.39, 0.29) is 43.6 Å². The predicted octanol–water partition coefficient (Wildman–Crippen LogP) is 4.03. The Morgan fingerprint density at radius 2 is 1.70 bits per heavy atom. The Labute approximate surface area is 231 Å². The van der Waals surface area contributed by atoms with E-state index >= 15 is 0 Å². The summed E-state index contributed by atoms with van der Waals surface area (Å²) in [6.45, 7) is 5.42. The van der Waals surface area contributed by atoms with Crippen molar-refractivity contribution < 1.29 is 28.1 Å². The Morgan fingerprint density at radius 3 is 2.33 bits per heavy atom. The van der Waals surface area contributed by atoms with Crippen LogP contribution in [0.2, 0.25) is 0 Å². The molecule has 0 unspecified atom stereocenters. The van der Waals surface area contributed by atoms with Crippen LogP contribution in [0.5, 0.6) is 0 Å². The fourth-order valence-electron chi connectivity index (χ4n) is 4.27. The first-order valence-electron chi connectivity index (χ1n) is 12.9. The molecule has 4 rings (SSSR count). The fraction of sp³-hybridized carbons (Fsp3) is 0.357. The minimum Gasteiger partial charge on any atom is -0.464 e. The second-order valence-corrected chi connectivity index (χ2v) is 9.50. The lowest BCUT2D eigenvalue weighted by Gasteiger charge is -2.31. The Morgan fingerprint density at radius 1 is 1.00 bits per heavy atom. The maximum Gasteiger partial charge on any atom is 0.322 e. The molecule has 1 N–H and O–H groups in total. The van der Waals surface area contributed by atoms with Gasteiger partial charge in [0.05, 0.1) is 24.7 Å². The molecule has 12 heteroatoms. The number of rotatable bonds is 11. The van der Waals surface area contributed by atoms with E-state index in [0.717, 1.165) is 18.7 Å². The van der Waals surface area contributed by atoms with Crippen LogP contribution in [0, 0.1) is 22.9 Å². The van der Waals surface area contributed by atoms with Crippen LogP contribution in [0.15, 0.2) is 65.1 Å². The normalized spacial score (nSPS) is 13.6. The number of non-ortho nitro benzene ring substituents is 1. The van der Waals surface area contributed by atoms with Crippen molar-refractivity contribution in [1.29, 1.82) is 0 Å². The highest BCUT2D eigenvalue weighted by atomic mass is 19.1. The number of hydrogen-bond donors (Lipinski definition) is 1. The first-order chi connectivity index (χ1) is 19.3. The number of ether oxygens (including phenoxy) is 1. The van der Waals surface area contributed by atoms with Crippen molar-refractivity contribution in [3.05, 3.63) is 93.7 Å². The second-order valence-electron chi connectivity index (χ2n) is 9.50. The van der Waals surface area contributed by atoms with Gasteiger partial charge in [0.1, 0.15) is 23.9 Å². The number of anilines is 1. The molecule has 0 bridgehead atoms. The standard InChI is InChI=1S/C28H32FN5O6/c1-21-2-11-26(40-21)19-33(18-22-3-5-23(29)6-4-22)27(35)20-32(13-12-31-14-16-39-17-15-31)28(36)30-24-7-9-25(10-8-24)34(37)38/h2-11H,12-20H2,1H3,(H,30,36). The number of nitro benzene ring substituents is 1. The lowest BCUT2D eigenvalue weighted by Crippen LogP contribution is -2.48. The molecule has 3 amide bonds. The van der Waals surface area contributed by atoms with Crippen molar-refractivity contribution in [3.8, 4) is 0 Å². The summed E-state index contributed by atoms with van der Waals surface area (Å²) in [6, 6.07) is 14.5. The van der Waals surface area contributed by atoms with Gasteiger partial charge in [-0.3, -0.25) is 19.8 Å². The van der Waals surface area contributed by atoms with Gasteiger partial charge in [0, 0.05) is 50.5 Å². The molecule has 3 aromatic rings. The molecule has 1 fully saturated rings. The number of morpholine rings is 1. The largest absolute Gasteiger partial charge is 0.464 e. The van der Waals surface area contributed by atoms with Crippen molar-refractivity contribution in [2.75, 3.05) is 51.3 Å². The molecule has 2 aromatic carbocycles. The van der Waals surface area contributed by atoms with Crippen molar-refractivity contribution in [2.45, 2.75) is 20.0 Å². The van der Waals surface area contributed by atoms with Crippen LogP contribution in [-0.2, 0) is 22.6 Å². The van der Waals surface area contributed by atoms with Gasteiger partial charge in [-0.2, -0.15) is 0 Å². The number of amides is 3. The van der Waals surface area contributed by atoms with Crippen molar-refractivity contribution in [2.24, 2.45) is 0 Å². The molecule has 0 radical (unpaired) electrons. The van der Waals surface area contributed by atoms with Crippen LogP contribution in [0.4, 0.5) is 20.6 Å². The highest BCUT2D eigenvalue weighted by molar-refractivity contribution is 5.92. The minimum absolute atomic E-state index is 0.0954. The molecule has 0 spiro atoms. The Kier molecular flexibility index (Phi) is 9.81. The number of carbonyl (C=O) groups is 2. The van der Waals surface area contributed by atoms with Gasteiger partial charge in [0.25, 0.3) is 5.69 Å². The van der Waals surface area contributed by atoms with Gasteiger partial charge in [0.2, 0.25) is 5.91 Å². The molecule has 1 aliphatic heterocycles. The average molecular weight is 554 g/mol. The van der Waals surface area contributed by atoms with Crippen LogP contribution < -0.4 is 5.32 Å². The number of benzene rings is 2. The number of hydrogen-bond acceptors (Lipinski definition) is 7. The molecule has 2 heterocycles. The molecule has 0 atom stereocenters. The zero-order valence-electron chi connectivity index (χ0n) is 22.3. The van der Waals surface area contributed by atoms with Crippen LogP contribution in [-0.4, -0.2) is 77.5 Å². The van der Waals surface area contributed by atoms with Crippen LogP contribution >= 0.6 is 0 Å². The molecule has 212 valence electrons. The number of halogens is 1. The van der Waals surface area contributed by atoms with Crippen LogP contribution in [0.3, 0.4) is 0 Å².